The third-order valence-electron chi connectivity index (χ3n) is 2.94. The number of halogens is 1. The van der Waals surface area contributed by atoms with Gasteiger partial charge < -0.3 is 5.11 Å². The molecule has 0 spiro atoms. The van der Waals surface area contributed by atoms with E-state index in [0.29, 0.717) is 17.7 Å². The molecule has 0 saturated carbocycles. The fourth-order valence-corrected chi connectivity index (χ4v) is 2.15. The third-order valence-corrected chi connectivity index (χ3v) is 3.29. The van der Waals surface area contributed by atoms with Crippen LogP contribution in [0.3, 0.4) is 0 Å². The molecule has 0 aliphatic rings. The SMILES string of the molecule is CCc1c(C(=O)O)nnn1Cc1ccc([N+](=O)[O-])cc1Cl. The van der Waals surface area contributed by atoms with Crippen molar-refractivity contribution in [1.82, 2.24) is 15.0 Å². The first-order valence-electron chi connectivity index (χ1n) is 6.02. The second kappa shape index (κ2) is 5.88. The highest BCUT2D eigenvalue weighted by Crippen LogP contribution is 2.23. The number of aromatic nitrogens is 3. The van der Waals surface area contributed by atoms with Crippen LogP contribution >= 0.6 is 11.6 Å². The molecule has 8 nitrogen and oxygen atoms in total. The largest absolute Gasteiger partial charge is 0.476 e. The Labute approximate surface area is 124 Å². The number of hydrogen-bond acceptors (Lipinski definition) is 5. The minimum absolute atomic E-state index is 0.101. The normalized spacial score (nSPS) is 10.6. The molecule has 0 radical (unpaired) electrons. The Balaban J connectivity index is 2.34. The van der Waals surface area contributed by atoms with Crippen LogP contribution in [0.15, 0.2) is 18.2 Å². The van der Waals surface area contributed by atoms with E-state index in [1.807, 2.05) is 0 Å². The van der Waals surface area contributed by atoms with E-state index in [0.717, 1.165) is 0 Å². The van der Waals surface area contributed by atoms with Crippen molar-refractivity contribution in [2.24, 2.45) is 0 Å². The molecular weight excluding hydrogens is 300 g/mol. The Bertz CT molecular complexity index is 713. The summed E-state index contributed by atoms with van der Waals surface area (Å²) >= 11 is 6.01. The van der Waals surface area contributed by atoms with E-state index in [-0.39, 0.29) is 22.9 Å². The van der Waals surface area contributed by atoms with Gasteiger partial charge in [-0.3, -0.25) is 10.1 Å². The van der Waals surface area contributed by atoms with Crippen LogP contribution in [0.2, 0.25) is 5.02 Å². The van der Waals surface area contributed by atoms with Gasteiger partial charge in [0, 0.05) is 12.1 Å². The summed E-state index contributed by atoms with van der Waals surface area (Å²) in [7, 11) is 0. The first-order valence-corrected chi connectivity index (χ1v) is 6.40. The van der Waals surface area contributed by atoms with Gasteiger partial charge in [0.1, 0.15) is 0 Å². The van der Waals surface area contributed by atoms with Crippen LogP contribution in [0.25, 0.3) is 0 Å². The molecule has 0 atom stereocenters. The summed E-state index contributed by atoms with van der Waals surface area (Å²) in [5.74, 6) is -1.15. The lowest BCUT2D eigenvalue weighted by Crippen LogP contribution is -2.09. The van der Waals surface area contributed by atoms with Gasteiger partial charge in [-0.1, -0.05) is 23.7 Å². The number of nitro benzene ring substituents is 1. The van der Waals surface area contributed by atoms with Crippen LogP contribution in [0.4, 0.5) is 5.69 Å². The monoisotopic (exact) mass is 310 g/mol. The highest BCUT2D eigenvalue weighted by molar-refractivity contribution is 6.31. The molecule has 0 amide bonds. The average Bonchev–Trinajstić information content (AvgIpc) is 2.83. The molecule has 0 saturated heterocycles. The van der Waals surface area contributed by atoms with Crippen molar-refractivity contribution in [1.29, 1.82) is 0 Å². The van der Waals surface area contributed by atoms with Crippen LogP contribution in [0.1, 0.15) is 28.7 Å². The Morgan fingerprint density at radius 2 is 2.24 bits per heavy atom. The maximum atomic E-state index is 11.0. The number of nitro groups is 1. The molecule has 0 aliphatic heterocycles. The zero-order chi connectivity index (χ0) is 15.6. The average molecular weight is 311 g/mol. The van der Waals surface area contributed by atoms with Gasteiger partial charge in [-0.05, 0) is 18.1 Å². The zero-order valence-corrected chi connectivity index (χ0v) is 11.7. The molecule has 1 aromatic carbocycles. The van der Waals surface area contributed by atoms with Crippen molar-refractivity contribution in [3.05, 3.63) is 50.3 Å². The van der Waals surface area contributed by atoms with E-state index in [1.165, 1.54) is 22.9 Å². The number of nitrogens with zero attached hydrogens (tertiary/aromatic N) is 4. The lowest BCUT2D eigenvalue weighted by atomic mass is 10.2. The predicted molar refractivity (Wildman–Crippen MR) is 73.6 cm³/mol. The van der Waals surface area contributed by atoms with Crippen LogP contribution in [0.5, 0.6) is 0 Å². The van der Waals surface area contributed by atoms with Crippen LogP contribution in [-0.4, -0.2) is 31.0 Å². The molecule has 2 aromatic rings. The van der Waals surface area contributed by atoms with Crippen molar-refractivity contribution in [3.8, 4) is 0 Å². The van der Waals surface area contributed by atoms with Gasteiger partial charge in [0.25, 0.3) is 5.69 Å². The molecule has 0 unspecified atom stereocenters. The Hall–Kier alpha value is -2.48. The van der Waals surface area contributed by atoms with Gasteiger partial charge in [-0.15, -0.1) is 5.10 Å². The number of benzene rings is 1. The highest BCUT2D eigenvalue weighted by Gasteiger charge is 2.18. The maximum absolute atomic E-state index is 11.0. The Kier molecular flexibility index (Phi) is 4.18. The van der Waals surface area contributed by atoms with E-state index in [9.17, 15) is 14.9 Å². The number of carboxylic acids is 1. The summed E-state index contributed by atoms with van der Waals surface area (Å²) in [5.41, 5.74) is 0.857. The van der Waals surface area contributed by atoms with Crippen LogP contribution in [0, 0.1) is 10.1 Å². The summed E-state index contributed by atoms with van der Waals surface area (Å²) < 4.78 is 1.43. The van der Waals surface area contributed by atoms with Gasteiger partial charge in [-0.25, -0.2) is 9.48 Å². The first-order chi connectivity index (χ1) is 9.93. The topological polar surface area (TPSA) is 111 Å². The number of carbonyl (C=O) groups is 1. The van der Waals surface area contributed by atoms with E-state index >= 15 is 0 Å². The number of rotatable bonds is 5. The van der Waals surface area contributed by atoms with Crippen molar-refractivity contribution in [2.75, 3.05) is 0 Å². The summed E-state index contributed by atoms with van der Waals surface area (Å²) in [6, 6.07) is 4.10. The molecule has 21 heavy (non-hydrogen) atoms. The summed E-state index contributed by atoms with van der Waals surface area (Å²) in [4.78, 5) is 21.1. The van der Waals surface area contributed by atoms with Crippen molar-refractivity contribution >= 4 is 23.3 Å². The lowest BCUT2D eigenvalue weighted by Gasteiger charge is -2.07. The standard InChI is InChI=1S/C12H11ClN4O4/c1-2-10-11(12(18)19)14-15-16(10)6-7-3-4-8(17(20)21)5-9(7)13/h3-5H,2,6H2,1H3,(H,18,19). The summed E-state index contributed by atoms with van der Waals surface area (Å²) in [5, 5.41) is 27.3. The molecule has 2 rings (SSSR count). The molecule has 9 heteroatoms. The molecule has 0 aliphatic carbocycles. The van der Waals surface area contributed by atoms with Crippen LogP contribution < -0.4 is 0 Å². The Morgan fingerprint density at radius 1 is 1.52 bits per heavy atom. The van der Waals surface area contributed by atoms with Gasteiger partial charge in [0.05, 0.1) is 22.2 Å². The Morgan fingerprint density at radius 3 is 2.76 bits per heavy atom. The molecule has 110 valence electrons. The second-order valence-electron chi connectivity index (χ2n) is 4.23. The van der Waals surface area contributed by atoms with Crippen molar-refractivity contribution in [3.63, 3.8) is 0 Å². The number of non-ortho nitro benzene ring substituents is 1. The van der Waals surface area contributed by atoms with Gasteiger partial charge in [-0.2, -0.15) is 0 Å². The minimum Gasteiger partial charge on any atom is -0.476 e. The second-order valence-corrected chi connectivity index (χ2v) is 4.64. The van der Waals surface area contributed by atoms with E-state index in [4.69, 9.17) is 16.7 Å². The zero-order valence-electron chi connectivity index (χ0n) is 11.0. The molecule has 0 bridgehead atoms. The molecule has 0 fully saturated rings. The van der Waals surface area contributed by atoms with E-state index in [2.05, 4.69) is 10.3 Å². The summed E-state index contributed by atoms with van der Waals surface area (Å²) in [6.45, 7) is 1.99. The molecular formula is C12H11ClN4O4. The smallest absolute Gasteiger partial charge is 0.358 e. The van der Waals surface area contributed by atoms with Gasteiger partial charge in [0.15, 0.2) is 5.69 Å². The minimum atomic E-state index is -1.15. The number of hydrogen-bond donors (Lipinski definition) is 1. The third kappa shape index (κ3) is 3.00. The maximum Gasteiger partial charge on any atom is 0.358 e. The molecule has 1 N–H and O–H groups in total. The number of aromatic carboxylic acids is 1. The van der Waals surface area contributed by atoms with E-state index < -0.39 is 10.9 Å². The lowest BCUT2D eigenvalue weighted by molar-refractivity contribution is -0.384. The van der Waals surface area contributed by atoms with Crippen molar-refractivity contribution in [2.45, 2.75) is 19.9 Å². The fraction of sp³-hybridized carbons (Fsp3) is 0.250. The highest BCUT2D eigenvalue weighted by atomic mass is 35.5. The first kappa shape index (κ1) is 14.9. The van der Waals surface area contributed by atoms with E-state index in [1.54, 1.807) is 6.92 Å². The molecule has 1 heterocycles. The van der Waals surface area contributed by atoms with Gasteiger partial charge >= 0.3 is 5.97 Å². The summed E-state index contributed by atoms with van der Waals surface area (Å²) in [6.07, 6.45) is 0.444. The van der Waals surface area contributed by atoms with Gasteiger partial charge in [0.2, 0.25) is 0 Å². The number of carboxylic acid groups (broad SMARTS) is 1. The quantitative estimate of drug-likeness (QED) is 0.669. The fourth-order valence-electron chi connectivity index (χ4n) is 1.92. The predicted octanol–water partition coefficient (Wildman–Crippen LogP) is 2.15. The van der Waals surface area contributed by atoms with Crippen molar-refractivity contribution < 1.29 is 14.8 Å². The molecule has 1 aromatic heterocycles. The van der Waals surface area contributed by atoms with Crippen LogP contribution in [-0.2, 0) is 13.0 Å².